The lowest BCUT2D eigenvalue weighted by Gasteiger charge is -2.30. The van der Waals surface area contributed by atoms with Crippen molar-refractivity contribution in [3.05, 3.63) is 29.8 Å². The van der Waals surface area contributed by atoms with Gasteiger partial charge >= 0.3 is 12.0 Å². The summed E-state index contributed by atoms with van der Waals surface area (Å²) in [6.45, 7) is 2.62. The molecule has 0 spiro atoms. The Morgan fingerprint density at radius 1 is 1.29 bits per heavy atom. The quantitative estimate of drug-likeness (QED) is 0.834. The van der Waals surface area contributed by atoms with E-state index in [0.29, 0.717) is 19.4 Å². The maximum Gasteiger partial charge on any atom is 0.317 e. The summed E-state index contributed by atoms with van der Waals surface area (Å²) in [5, 5.41) is 11.8. The number of nitrogens with one attached hydrogen (secondary N) is 1. The third-order valence-corrected chi connectivity index (χ3v) is 5.91. The van der Waals surface area contributed by atoms with Gasteiger partial charge in [-0.3, -0.25) is 4.79 Å². The number of hydrogen-bond donors (Lipinski definition) is 2. The number of rotatable bonds is 5. The lowest BCUT2D eigenvalue weighted by atomic mass is 9.99. The Balaban J connectivity index is 1.91. The van der Waals surface area contributed by atoms with Crippen LogP contribution in [0.15, 0.2) is 29.2 Å². The average molecular weight is 354 g/mol. The molecule has 8 heteroatoms. The van der Waals surface area contributed by atoms with E-state index in [-0.39, 0.29) is 29.8 Å². The first-order valence-corrected chi connectivity index (χ1v) is 9.56. The average Bonchev–Trinajstić information content (AvgIpc) is 2.60. The monoisotopic (exact) mass is 354 g/mol. The summed E-state index contributed by atoms with van der Waals surface area (Å²) in [4.78, 5) is 24.9. The number of nitrogens with zero attached hydrogens (tertiary/aromatic N) is 1. The van der Waals surface area contributed by atoms with Gasteiger partial charge in [-0.15, -0.1) is 0 Å². The first kappa shape index (κ1) is 18.3. The van der Waals surface area contributed by atoms with Gasteiger partial charge in [0.2, 0.25) is 0 Å². The molecule has 7 nitrogen and oxygen atoms in total. The molecule has 1 unspecified atom stereocenters. The standard InChI is InChI=1S/C16H22N2O5S/c1-2-24(22,23)14-7-5-12(6-8-14)10-17-16(21)18-9-3-4-13(11-18)15(19)20/h5-8,13H,2-4,9-11H2,1H3,(H,17,21)(H,19,20). The smallest absolute Gasteiger partial charge is 0.317 e. The highest BCUT2D eigenvalue weighted by atomic mass is 32.2. The number of hydrogen-bond acceptors (Lipinski definition) is 4. The number of urea groups is 1. The second-order valence-corrected chi connectivity index (χ2v) is 8.11. The molecule has 1 aliphatic heterocycles. The molecule has 0 bridgehead atoms. The van der Waals surface area contributed by atoms with Crippen molar-refractivity contribution in [2.24, 2.45) is 5.92 Å². The molecule has 1 heterocycles. The summed E-state index contributed by atoms with van der Waals surface area (Å²) in [6.07, 6.45) is 1.26. The van der Waals surface area contributed by atoms with E-state index in [2.05, 4.69) is 5.32 Å². The largest absolute Gasteiger partial charge is 0.481 e. The first-order chi connectivity index (χ1) is 11.3. The van der Waals surface area contributed by atoms with Crippen LogP contribution in [0, 0.1) is 5.92 Å². The molecule has 0 aromatic heterocycles. The highest BCUT2D eigenvalue weighted by Gasteiger charge is 2.27. The highest BCUT2D eigenvalue weighted by molar-refractivity contribution is 7.91. The Morgan fingerprint density at radius 2 is 1.96 bits per heavy atom. The zero-order valence-electron chi connectivity index (χ0n) is 13.6. The number of carbonyl (C=O) groups is 2. The predicted octanol–water partition coefficient (Wildman–Crippen LogP) is 1.49. The van der Waals surface area contributed by atoms with Crippen molar-refractivity contribution >= 4 is 21.8 Å². The van der Waals surface area contributed by atoms with Crippen molar-refractivity contribution in [1.82, 2.24) is 10.2 Å². The molecule has 0 aliphatic carbocycles. The molecule has 1 aromatic carbocycles. The van der Waals surface area contributed by atoms with E-state index in [0.717, 1.165) is 5.56 Å². The van der Waals surface area contributed by atoms with Gasteiger partial charge in [-0.25, -0.2) is 13.2 Å². The fourth-order valence-electron chi connectivity index (χ4n) is 2.63. The number of carbonyl (C=O) groups excluding carboxylic acids is 1. The minimum atomic E-state index is -3.23. The van der Waals surface area contributed by atoms with Crippen LogP contribution in [0.1, 0.15) is 25.3 Å². The minimum absolute atomic E-state index is 0.0444. The topological polar surface area (TPSA) is 104 Å². The number of amides is 2. The molecule has 0 saturated carbocycles. The van der Waals surface area contributed by atoms with Gasteiger partial charge in [0.1, 0.15) is 0 Å². The van der Waals surface area contributed by atoms with E-state index in [1.807, 2.05) is 0 Å². The van der Waals surface area contributed by atoms with Crippen LogP contribution >= 0.6 is 0 Å². The molecule has 1 saturated heterocycles. The molecule has 2 N–H and O–H groups in total. The molecule has 2 rings (SSSR count). The first-order valence-electron chi connectivity index (χ1n) is 7.90. The second kappa shape index (κ2) is 7.65. The SMILES string of the molecule is CCS(=O)(=O)c1ccc(CNC(=O)N2CCCC(C(=O)O)C2)cc1. The summed E-state index contributed by atoms with van der Waals surface area (Å²) in [7, 11) is -3.23. The number of benzene rings is 1. The van der Waals surface area contributed by atoms with Gasteiger partial charge < -0.3 is 15.3 Å². The predicted molar refractivity (Wildman–Crippen MR) is 88.3 cm³/mol. The van der Waals surface area contributed by atoms with Gasteiger partial charge in [-0.05, 0) is 30.5 Å². The van der Waals surface area contributed by atoms with Crippen molar-refractivity contribution in [3.63, 3.8) is 0 Å². The fraction of sp³-hybridized carbons (Fsp3) is 0.500. The van der Waals surface area contributed by atoms with E-state index in [9.17, 15) is 18.0 Å². The Bertz CT molecular complexity index is 700. The van der Waals surface area contributed by atoms with E-state index in [1.165, 1.54) is 17.0 Å². The second-order valence-electron chi connectivity index (χ2n) is 5.83. The lowest BCUT2D eigenvalue weighted by molar-refractivity contribution is -0.143. The minimum Gasteiger partial charge on any atom is -0.481 e. The van der Waals surface area contributed by atoms with Gasteiger partial charge in [0, 0.05) is 19.6 Å². The van der Waals surface area contributed by atoms with E-state index < -0.39 is 21.7 Å². The van der Waals surface area contributed by atoms with E-state index in [4.69, 9.17) is 5.11 Å². The molecule has 24 heavy (non-hydrogen) atoms. The maximum atomic E-state index is 12.1. The van der Waals surface area contributed by atoms with Crippen molar-refractivity contribution in [3.8, 4) is 0 Å². The van der Waals surface area contributed by atoms with Crippen LogP contribution < -0.4 is 5.32 Å². The lowest BCUT2D eigenvalue weighted by Crippen LogP contribution is -2.46. The molecule has 2 amide bonds. The van der Waals surface area contributed by atoms with Gasteiger partial charge in [0.05, 0.1) is 16.6 Å². The van der Waals surface area contributed by atoms with Crippen molar-refractivity contribution in [2.75, 3.05) is 18.8 Å². The third kappa shape index (κ3) is 4.47. The number of aliphatic carboxylic acids is 1. The highest BCUT2D eigenvalue weighted by Crippen LogP contribution is 2.17. The normalized spacial score (nSPS) is 18.2. The van der Waals surface area contributed by atoms with Crippen molar-refractivity contribution in [2.45, 2.75) is 31.2 Å². The molecule has 1 fully saturated rings. The number of sulfone groups is 1. The van der Waals surface area contributed by atoms with Gasteiger partial charge in [-0.2, -0.15) is 0 Å². The van der Waals surface area contributed by atoms with Crippen LogP contribution in [0.5, 0.6) is 0 Å². The Kier molecular flexibility index (Phi) is 5.82. The van der Waals surface area contributed by atoms with Crippen LogP contribution in [0.25, 0.3) is 0 Å². The molecule has 1 aromatic rings. The van der Waals surface area contributed by atoms with E-state index >= 15 is 0 Å². The fourth-order valence-corrected chi connectivity index (χ4v) is 3.52. The molecule has 132 valence electrons. The summed E-state index contributed by atoms with van der Waals surface area (Å²) in [6, 6.07) is 6.09. The Labute approximate surface area is 141 Å². The van der Waals surface area contributed by atoms with Crippen LogP contribution in [-0.2, 0) is 21.2 Å². The molecular weight excluding hydrogens is 332 g/mol. The maximum absolute atomic E-state index is 12.1. The number of carboxylic acids is 1. The summed E-state index contributed by atoms with van der Waals surface area (Å²) >= 11 is 0. The summed E-state index contributed by atoms with van der Waals surface area (Å²) < 4.78 is 23.5. The zero-order valence-corrected chi connectivity index (χ0v) is 14.4. The summed E-state index contributed by atoms with van der Waals surface area (Å²) in [5.74, 6) is -1.34. The van der Waals surface area contributed by atoms with Gasteiger partial charge in [0.15, 0.2) is 9.84 Å². The molecule has 1 atom stereocenters. The molecular formula is C16H22N2O5S. The number of carboxylic acid groups (broad SMARTS) is 1. The van der Waals surface area contributed by atoms with Gasteiger partial charge in [-0.1, -0.05) is 19.1 Å². The third-order valence-electron chi connectivity index (χ3n) is 4.16. The van der Waals surface area contributed by atoms with Crippen LogP contribution in [0.4, 0.5) is 4.79 Å². The molecule has 0 radical (unpaired) electrons. The van der Waals surface area contributed by atoms with Crippen LogP contribution in [0.2, 0.25) is 0 Å². The van der Waals surface area contributed by atoms with Crippen molar-refractivity contribution in [1.29, 1.82) is 0 Å². The van der Waals surface area contributed by atoms with Crippen LogP contribution in [-0.4, -0.2) is 49.3 Å². The van der Waals surface area contributed by atoms with E-state index in [1.54, 1.807) is 19.1 Å². The van der Waals surface area contributed by atoms with Crippen LogP contribution in [0.3, 0.4) is 0 Å². The number of piperidine rings is 1. The Hall–Kier alpha value is -2.09. The number of likely N-dealkylation sites (tertiary alicyclic amines) is 1. The van der Waals surface area contributed by atoms with Crippen molar-refractivity contribution < 1.29 is 23.1 Å². The summed E-state index contributed by atoms with van der Waals surface area (Å²) in [5.41, 5.74) is 0.783. The molecule has 1 aliphatic rings. The van der Waals surface area contributed by atoms with Gasteiger partial charge in [0.25, 0.3) is 0 Å². The zero-order chi connectivity index (χ0) is 17.7. The Morgan fingerprint density at radius 3 is 2.54 bits per heavy atom.